The molecule has 0 bridgehead atoms. The molecule has 0 aromatic heterocycles. The number of hydrogen-bond acceptors (Lipinski definition) is 2. The van der Waals surface area contributed by atoms with Crippen LogP contribution >= 0.6 is 11.8 Å². The van der Waals surface area contributed by atoms with Gasteiger partial charge in [0.1, 0.15) is 0 Å². The lowest BCUT2D eigenvalue weighted by molar-refractivity contribution is -0.120. The van der Waals surface area contributed by atoms with Crippen molar-refractivity contribution in [3.63, 3.8) is 0 Å². The molecule has 0 heterocycles. The second-order valence-electron chi connectivity index (χ2n) is 5.87. The van der Waals surface area contributed by atoms with Gasteiger partial charge in [-0.3, -0.25) is 4.79 Å². The highest BCUT2D eigenvalue weighted by Crippen LogP contribution is 2.26. The summed E-state index contributed by atoms with van der Waals surface area (Å²) in [4.78, 5) is 13.6. The Hall–Kier alpha value is -2.26. The fraction of sp³-hybridized carbons (Fsp3) is 0.190. The van der Waals surface area contributed by atoms with Gasteiger partial charge in [-0.2, -0.15) is 0 Å². The van der Waals surface area contributed by atoms with E-state index in [1.165, 1.54) is 10.8 Å². The minimum Gasteiger partial charge on any atom is -0.349 e. The van der Waals surface area contributed by atoms with Crippen LogP contribution in [0.15, 0.2) is 77.7 Å². The van der Waals surface area contributed by atoms with Crippen molar-refractivity contribution in [2.45, 2.75) is 30.0 Å². The zero-order valence-corrected chi connectivity index (χ0v) is 14.7. The standard InChI is InChI=1S/C21H21NOS/c1-15(19-14-8-10-17-9-6-7-13-20(17)19)22-21(23)16(2)24-18-11-4-3-5-12-18/h3-16H,1-2H3,(H,22,23). The molecule has 0 aliphatic carbocycles. The SMILES string of the molecule is CC(Sc1ccccc1)C(=O)NC(C)c1cccc2ccccc12. The lowest BCUT2D eigenvalue weighted by Crippen LogP contribution is -2.33. The molecule has 0 spiro atoms. The molecule has 0 aliphatic heterocycles. The molecule has 3 aromatic carbocycles. The van der Waals surface area contributed by atoms with Crippen LogP contribution in [0.4, 0.5) is 0 Å². The van der Waals surface area contributed by atoms with Gasteiger partial charge in [-0.1, -0.05) is 60.7 Å². The summed E-state index contributed by atoms with van der Waals surface area (Å²) in [7, 11) is 0. The van der Waals surface area contributed by atoms with E-state index < -0.39 is 0 Å². The summed E-state index contributed by atoms with van der Waals surface area (Å²) >= 11 is 1.58. The van der Waals surface area contributed by atoms with Crippen LogP contribution in [0.1, 0.15) is 25.5 Å². The van der Waals surface area contributed by atoms with Gasteiger partial charge in [0, 0.05) is 4.90 Å². The third-order valence-electron chi connectivity index (χ3n) is 4.07. The molecule has 24 heavy (non-hydrogen) atoms. The van der Waals surface area contributed by atoms with Crippen LogP contribution in [-0.4, -0.2) is 11.2 Å². The molecule has 122 valence electrons. The first-order valence-corrected chi connectivity index (χ1v) is 9.03. The Morgan fingerprint density at radius 1 is 0.875 bits per heavy atom. The zero-order chi connectivity index (χ0) is 16.9. The van der Waals surface area contributed by atoms with Gasteiger partial charge in [0.05, 0.1) is 11.3 Å². The molecule has 0 saturated carbocycles. The Balaban J connectivity index is 1.71. The maximum Gasteiger partial charge on any atom is 0.233 e. The van der Waals surface area contributed by atoms with Crippen LogP contribution in [-0.2, 0) is 4.79 Å². The molecule has 0 saturated heterocycles. The summed E-state index contributed by atoms with van der Waals surface area (Å²) < 4.78 is 0. The van der Waals surface area contributed by atoms with E-state index in [9.17, 15) is 4.79 Å². The van der Waals surface area contributed by atoms with Crippen molar-refractivity contribution in [2.75, 3.05) is 0 Å². The molecule has 3 rings (SSSR count). The van der Waals surface area contributed by atoms with E-state index in [0.29, 0.717) is 0 Å². The normalized spacial score (nSPS) is 13.4. The number of amides is 1. The van der Waals surface area contributed by atoms with Crippen molar-refractivity contribution in [3.8, 4) is 0 Å². The molecule has 3 heteroatoms. The number of carbonyl (C=O) groups is 1. The zero-order valence-electron chi connectivity index (χ0n) is 13.9. The Morgan fingerprint density at radius 3 is 2.33 bits per heavy atom. The van der Waals surface area contributed by atoms with Gasteiger partial charge >= 0.3 is 0 Å². The Morgan fingerprint density at radius 2 is 1.54 bits per heavy atom. The molecule has 0 aliphatic rings. The van der Waals surface area contributed by atoms with Crippen molar-refractivity contribution >= 4 is 28.4 Å². The Kier molecular flexibility index (Phi) is 5.21. The molecule has 1 N–H and O–H groups in total. The number of carbonyl (C=O) groups excluding carboxylic acids is 1. The minimum atomic E-state index is -0.134. The van der Waals surface area contributed by atoms with Crippen molar-refractivity contribution in [2.24, 2.45) is 0 Å². The lowest BCUT2D eigenvalue weighted by Gasteiger charge is -2.19. The highest BCUT2D eigenvalue weighted by molar-refractivity contribution is 8.00. The largest absolute Gasteiger partial charge is 0.349 e. The summed E-state index contributed by atoms with van der Waals surface area (Å²) in [5.41, 5.74) is 1.15. The van der Waals surface area contributed by atoms with Gasteiger partial charge < -0.3 is 5.32 Å². The van der Waals surface area contributed by atoms with Gasteiger partial charge in [-0.25, -0.2) is 0 Å². The van der Waals surface area contributed by atoms with Crippen LogP contribution in [0.25, 0.3) is 10.8 Å². The molecular formula is C21H21NOS. The fourth-order valence-electron chi connectivity index (χ4n) is 2.79. The van der Waals surface area contributed by atoms with E-state index in [4.69, 9.17) is 0 Å². The predicted octanol–water partition coefficient (Wildman–Crippen LogP) is 5.20. The highest BCUT2D eigenvalue weighted by atomic mass is 32.2. The summed E-state index contributed by atoms with van der Waals surface area (Å²) in [6.45, 7) is 3.99. The molecule has 1 amide bonds. The van der Waals surface area contributed by atoms with Crippen LogP contribution in [0.3, 0.4) is 0 Å². The smallest absolute Gasteiger partial charge is 0.233 e. The first-order valence-electron chi connectivity index (χ1n) is 8.15. The van der Waals surface area contributed by atoms with Crippen LogP contribution in [0.2, 0.25) is 0 Å². The van der Waals surface area contributed by atoms with Gasteiger partial charge in [-0.15, -0.1) is 11.8 Å². The van der Waals surface area contributed by atoms with E-state index in [1.807, 2.05) is 62.4 Å². The van der Waals surface area contributed by atoms with Crippen LogP contribution in [0, 0.1) is 0 Å². The molecule has 0 fully saturated rings. The highest BCUT2D eigenvalue weighted by Gasteiger charge is 2.18. The number of fused-ring (bicyclic) bond motifs is 1. The van der Waals surface area contributed by atoms with E-state index >= 15 is 0 Å². The summed E-state index contributed by atoms with van der Waals surface area (Å²) in [6.07, 6.45) is 0. The molecule has 2 unspecified atom stereocenters. The third-order valence-corrected chi connectivity index (χ3v) is 5.19. The van der Waals surface area contributed by atoms with E-state index in [0.717, 1.165) is 10.5 Å². The van der Waals surface area contributed by atoms with Gasteiger partial charge in [0.25, 0.3) is 0 Å². The van der Waals surface area contributed by atoms with E-state index in [1.54, 1.807) is 11.8 Å². The first kappa shape index (κ1) is 16.6. The van der Waals surface area contributed by atoms with Crippen molar-refractivity contribution < 1.29 is 4.79 Å². The van der Waals surface area contributed by atoms with Crippen molar-refractivity contribution in [3.05, 3.63) is 78.4 Å². The Bertz CT molecular complexity index is 826. The molecular weight excluding hydrogens is 314 g/mol. The number of benzene rings is 3. The number of rotatable bonds is 5. The lowest BCUT2D eigenvalue weighted by atomic mass is 9.99. The quantitative estimate of drug-likeness (QED) is 0.650. The molecule has 0 radical (unpaired) electrons. The van der Waals surface area contributed by atoms with Gasteiger partial charge in [0.2, 0.25) is 5.91 Å². The molecule has 2 atom stereocenters. The predicted molar refractivity (Wildman–Crippen MR) is 102 cm³/mol. The topological polar surface area (TPSA) is 29.1 Å². The maximum absolute atomic E-state index is 12.5. The Labute approximate surface area is 147 Å². The van der Waals surface area contributed by atoms with E-state index in [-0.39, 0.29) is 17.2 Å². The summed E-state index contributed by atoms with van der Waals surface area (Å²) in [6, 6.07) is 24.5. The summed E-state index contributed by atoms with van der Waals surface area (Å²) in [5.74, 6) is 0.0595. The minimum absolute atomic E-state index is 0.0255. The number of nitrogens with one attached hydrogen (secondary N) is 1. The van der Waals surface area contributed by atoms with Gasteiger partial charge in [-0.05, 0) is 42.3 Å². The average Bonchev–Trinajstić information content (AvgIpc) is 2.62. The second-order valence-corrected chi connectivity index (χ2v) is 7.29. The molecule has 2 nitrogen and oxygen atoms in total. The molecule has 3 aromatic rings. The fourth-order valence-corrected chi connectivity index (χ4v) is 3.69. The first-order chi connectivity index (χ1) is 11.6. The van der Waals surface area contributed by atoms with E-state index in [2.05, 4.69) is 29.6 Å². The monoisotopic (exact) mass is 335 g/mol. The average molecular weight is 335 g/mol. The second kappa shape index (κ2) is 7.54. The van der Waals surface area contributed by atoms with Crippen molar-refractivity contribution in [1.29, 1.82) is 0 Å². The maximum atomic E-state index is 12.5. The number of hydrogen-bond donors (Lipinski definition) is 1. The van der Waals surface area contributed by atoms with Gasteiger partial charge in [0.15, 0.2) is 0 Å². The van der Waals surface area contributed by atoms with Crippen LogP contribution < -0.4 is 5.32 Å². The third kappa shape index (κ3) is 3.80. The summed E-state index contributed by atoms with van der Waals surface area (Å²) in [5, 5.41) is 5.40. The van der Waals surface area contributed by atoms with Crippen molar-refractivity contribution in [1.82, 2.24) is 5.32 Å². The number of thioether (sulfide) groups is 1. The van der Waals surface area contributed by atoms with Crippen LogP contribution in [0.5, 0.6) is 0 Å².